The van der Waals surface area contributed by atoms with E-state index in [1.165, 1.54) is 0 Å². The van der Waals surface area contributed by atoms with Crippen molar-refractivity contribution in [3.05, 3.63) is 48.8 Å². The van der Waals surface area contributed by atoms with Crippen molar-refractivity contribution < 1.29 is 4.74 Å². The van der Waals surface area contributed by atoms with Crippen LogP contribution >= 0.6 is 0 Å². The predicted octanol–water partition coefficient (Wildman–Crippen LogP) is 3.43. The van der Waals surface area contributed by atoms with E-state index >= 15 is 0 Å². The van der Waals surface area contributed by atoms with E-state index in [1.54, 1.807) is 0 Å². The van der Waals surface area contributed by atoms with Crippen molar-refractivity contribution in [1.29, 1.82) is 0 Å². The lowest BCUT2D eigenvalue weighted by Gasteiger charge is -2.22. The first-order chi connectivity index (χ1) is 9.92. The fraction of sp³-hybridized carbons (Fsp3) is 0.375. The van der Waals surface area contributed by atoms with Crippen LogP contribution in [0.4, 0.5) is 11.6 Å². The Morgan fingerprint density at radius 2 is 1.60 bits per heavy atom. The first-order valence-electron chi connectivity index (χ1n) is 7.09. The minimum atomic E-state index is 0.782. The topological polar surface area (TPSA) is 38.2 Å². The highest BCUT2D eigenvalue weighted by Crippen LogP contribution is 2.20. The molecule has 0 saturated heterocycles. The summed E-state index contributed by atoms with van der Waals surface area (Å²) in [6.07, 6.45) is 5.72. The number of anilines is 2. The Hall–Kier alpha value is -1.94. The first kappa shape index (κ1) is 14.5. The van der Waals surface area contributed by atoms with Gasteiger partial charge in [-0.15, -0.1) is 0 Å². The molecule has 0 spiro atoms. The van der Waals surface area contributed by atoms with E-state index in [1.807, 2.05) is 55.7 Å². The summed E-state index contributed by atoms with van der Waals surface area (Å²) in [6.45, 7) is 4.51. The van der Waals surface area contributed by atoms with Crippen molar-refractivity contribution >= 4 is 11.6 Å². The summed E-state index contributed by atoms with van der Waals surface area (Å²) in [5, 5.41) is 0. The Kier molecular flexibility index (Phi) is 5.99. The number of hydrogen-bond acceptors (Lipinski definition) is 4. The molecule has 0 saturated carbocycles. The molecule has 2 aromatic rings. The number of nitrogens with zero attached hydrogens (tertiary/aromatic N) is 3. The summed E-state index contributed by atoms with van der Waals surface area (Å²) in [5.74, 6) is 1.87. The van der Waals surface area contributed by atoms with E-state index in [-0.39, 0.29) is 0 Å². The molecule has 0 aliphatic heterocycles. The molecule has 0 unspecified atom stereocenters. The molecule has 20 heavy (non-hydrogen) atoms. The quantitative estimate of drug-likeness (QED) is 0.689. The Bertz CT molecular complexity index is 436. The van der Waals surface area contributed by atoms with E-state index in [9.17, 15) is 0 Å². The molecule has 0 bridgehead atoms. The van der Waals surface area contributed by atoms with Crippen LogP contribution in [0.1, 0.15) is 19.8 Å². The first-order valence-corrected chi connectivity index (χ1v) is 7.09. The summed E-state index contributed by atoms with van der Waals surface area (Å²) in [7, 11) is 0. The van der Waals surface area contributed by atoms with Crippen molar-refractivity contribution in [3.8, 4) is 0 Å². The lowest BCUT2D eigenvalue weighted by atomic mass is 10.3. The average Bonchev–Trinajstić information content (AvgIpc) is 2.53. The summed E-state index contributed by atoms with van der Waals surface area (Å²) in [6, 6.07) is 11.9. The zero-order chi connectivity index (χ0) is 14.0. The van der Waals surface area contributed by atoms with Gasteiger partial charge in [-0.2, -0.15) is 0 Å². The maximum Gasteiger partial charge on any atom is 0.134 e. The van der Waals surface area contributed by atoms with Gasteiger partial charge in [-0.3, -0.25) is 0 Å². The maximum atomic E-state index is 5.38. The van der Waals surface area contributed by atoms with Crippen LogP contribution in [-0.4, -0.2) is 29.7 Å². The van der Waals surface area contributed by atoms with Gasteiger partial charge in [-0.1, -0.05) is 12.1 Å². The molecule has 2 aromatic heterocycles. The lowest BCUT2D eigenvalue weighted by molar-refractivity contribution is 0.144. The van der Waals surface area contributed by atoms with Gasteiger partial charge < -0.3 is 9.64 Å². The number of hydrogen-bond donors (Lipinski definition) is 0. The van der Waals surface area contributed by atoms with Crippen LogP contribution in [0.3, 0.4) is 0 Å². The van der Waals surface area contributed by atoms with E-state index in [0.717, 1.165) is 44.2 Å². The molecule has 4 nitrogen and oxygen atoms in total. The van der Waals surface area contributed by atoms with Crippen molar-refractivity contribution in [3.63, 3.8) is 0 Å². The van der Waals surface area contributed by atoms with Crippen LogP contribution in [0.25, 0.3) is 0 Å². The van der Waals surface area contributed by atoms with E-state index in [0.29, 0.717) is 0 Å². The zero-order valence-corrected chi connectivity index (χ0v) is 11.9. The highest BCUT2D eigenvalue weighted by Gasteiger charge is 2.10. The minimum Gasteiger partial charge on any atom is -0.382 e. The van der Waals surface area contributed by atoms with Crippen LogP contribution in [0.2, 0.25) is 0 Å². The largest absolute Gasteiger partial charge is 0.382 e. The van der Waals surface area contributed by atoms with Crippen molar-refractivity contribution in [2.24, 2.45) is 0 Å². The number of ether oxygens (including phenoxy) is 1. The molecule has 0 radical (unpaired) electrons. The molecule has 0 amide bonds. The van der Waals surface area contributed by atoms with Crippen molar-refractivity contribution in [1.82, 2.24) is 9.97 Å². The van der Waals surface area contributed by atoms with Crippen LogP contribution in [0, 0.1) is 0 Å². The van der Waals surface area contributed by atoms with Gasteiger partial charge in [0.15, 0.2) is 0 Å². The van der Waals surface area contributed by atoms with Crippen molar-refractivity contribution in [2.45, 2.75) is 19.8 Å². The highest BCUT2D eigenvalue weighted by molar-refractivity contribution is 5.55. The molecular formula is C16H21N3O. The van der Waals surface area contributed by atoms with Gasteiger partial charge in [0.1, 0.15) is 11.6 Å². The summed E-state index contributed by atoms with van der Waals surface area (Å²) < 4.78 is 5.38. The zero-order valence-electron chi connectivity index (χ0n) is 11.9. The smallest absolute Gasteiger partial charge is 0.134 e. The Balaban J connectivity index is 2.02. The summed E-state index contributed by atoms with van der Waals surface area (Å²) >= 11 is 0. The number of unbranched alkanes of at least 4 members (excludes halogenated alkanes) is 1. The second-order valence-electron chi connectivity index (χ2n) is 4.43. The third kappa shape index (κ3) is 4.31. The number of rotatable bonds is 8. The van der Waals surface area contributed by atoms with Crippen LogP contribution in [0.15, 0.2) is 48.8 Å². The molecule has 0 atom stereocenters. The van der Waals surface area contributed by atoms with Crippen LogP contribution in [-0.2, 0) is 4.74 Å². The summed E-state index contributed by atoms with van der Waals surface area (Å²) in [5.41, 5.74) is 0. The average molecular weight is 271 g/mol. The van der Waals surface area contributed by atoms with Gasteiger partial charge in [-0.05, 0) is 44.0 Å². The van der Waals surface area contributed by atoms with Gasteiger partial charge in [-0.25, -0.2) is 9.97 Å². The second-order valence-corrected chi connectivity index (χ2v) is 4.43. The Morgan fingerprint density at radius 1 is 0.950 bits per heavy atom. The molecule has 0 aliphatic rings. The normalized spacial score (nSPS) is 10.4. The number of aromatic nitrogens is 2. The van der Waals surface area contributed by atoms with Gasteiger partial charge in [0.2, 0.25) is 0 Å². The molecule has 2 rings (SSSR count). The van der Waals surface area contributed by atoms with Gasteiger partial charge in [0, 0.05) is 32.2 Å². The van der Waals surface area contributed by atoms with Crippen LogP contribution in [0.5, 0.6) is 0 Å². The predicted molar refractivity (Wildman–Crippen MR) is 81.2 cm³/mol. The molecule has 0 aromatic carbocycles. The van der Waals surface area contributed by atoms with Crippen LogP contribution < -0.4 is 4.90 Å². The van der Waals surface area contributed by atoms with E-state index in [2.05, 4.69) is 14.9 Å². The fourth-order valence-corrected chi connectivity index (χ4v) is 1.99. The van der Waals surface area contributed by atoms with Gasteiger partial charge >= 0.3 is 0 Å². The highest BCUT2D eigenvalue weighted by atomic mass is 16.5. The minimum absolute atomic E-state index is 0.782. The van der Waals surface area contributed by atoms with E-state index < -0.39 is 0 Å². The third-order valence-electron chi connectivity index (χ3n) is 2.98. The molecule has 106 valence electrons. The number of pyridine rings is 2. The Labute approximate surface area is 120 Å². The molecule has 0 fully saturated rings. The molecule has 0 N–H and O–H groups in total. The fourth-order valence-electron chi connectivity index (χ4n) is 1.99. The molecule has 2 heterocycles. The maximum absolute atomic E-state index is 5.38. The second kappa shape index (κ2) is 8.27. The van der Waals surface area contributed by atoms with Gasteiger partial charge in [0.05, 0.1) is 0 Å². The monoisotopic (exact) mass is 271 g/mol. The lowest BCUT2D eigenvalue weighted by Crippen LogP contribution is -2.20. The molecular weight excluding hydrogens is 250 g/mol. The van der Waals surface area contributed by atoms with E-state index in [4.69, 9.17) is 4.74 Å². The molecule has 0 aliphatic carbocycles. The van der Waals surface area contributed by atoms with Gasteiger partial charge in [0.25, 0.3) is 0 Å². The third-order valence-corrected chi connectivity index (χ3v) is 2.98. The molecule has 4 heteroatoms. The van der Waals surface area contributed by atoms with Crippen molar-refractivity contribution in [2.75, 3.05) is 24.7 Å². The summed E-state index contributed by atoms with van der Waals surface area (Å²) in [4.78, 5) is 11.0. The SMILES string of the molecule is CCOCCCCN(c1ccccn1)c1ccccn1. The standard InChI is InChI=1S/C16H21N3O/c1-2-20-14-8-7-13-19(15-9-3-5-11-17-15)16-10-4-6-12-18-16/h3-6,9-12H,2,7-8,13-14H2,1H3. The Morgan fingerprint density at radius 3 is 2.10 bits per heavy atom.